The summed E-state index contributed by atoms with van der Waals surface area (Å²) in [6.45, 7) is 0.312. The van der Waals surface area contributed by atoms with Crippen LogP contribution in [0.25, 0.3) is 0 Å². The molecule has 3 N–H and O–H groups in total. The SMILES string of the molecule is CC(O)C(CN)(CCOCC(F)(F)F)c1ccccc1. The first kappa shape index (κ1) is 16.9. The molecule has 0 aliphatic heterocycles. The third-order valence-corrected chi connectivity index (χ3v) is 3.47. The van der Waals surface area contributed by atoms with Gasteiger partial charge in [0.15, 0.2) is 0 Å². The molecule has 1 aromatic rings. The molecule has 20 heavy (non-hydrogen) atoms. The molecule has 1 aromatic carbocycles. The summed E-state index contributed by atoms with van der Waals surface area (Å²) in [6, 6.07) is 9.05. The van der Waals surface area contributed by atoms with Gasteiger partial charge < -0.3 is 15.6 Å². The minimum Gasteiger partial charge on any atom is -0.392 e. The van der Waals surface area contributed by atoms with E-state index < -0.39 is 24.3 Å². The second-order valence-corrected chi connectivity index (χ2v) is 4.82. The number of benzene rings is 1. The molecule has 2 atom stereocenters. The fraction of sp³-hybridized carbons (Fsp3) is 0.571. The summed E-state index contributed by atoms with van der Waals surface area (Å²) in [7, 11) is 0. The van der Waals surface area contributed by atoms with Gasteiger partial charge in [-0.3, -0.25) is 0 Å². The molecule has 0 amide bonds. The van der Waals surface area contributed by atoms with E-state index in [1.165, 1.54) is 0 Å². The average molecular weight is 291 g/mol. The van der Waals surface area contributed by atoms with Crippen molar-refractivity contribution < 1.29 is 23.0 Å². The number of ether oxygens (including phenoxy) is 1. The first-order chi connectivity index (χ1) is 9.32. The normalized spacial score (nSPS) is 16.7. The van der Waals surface area contributed by atoms with Crippen LogP contribution >= 0.6 is 0 Å². The van der Waals surface area contributed by atoms with E-state index in [1.54, 1.807) is 19.1 Å². The monoisotopic (exact) mass is 291 g/mol. The molecule has 0 fully saturated rings. The highest BCUT2D eigenvalue weighted by Gasteiger charge is 2.36. The zero-order valence-electron chi connectivity index (χ0n) is 11.4. The van der Waals surface area contributed by atoms with Gasteiger partial charge in [-0.05, 0) is 18.9 Å². The van der Waals surface area contributed by atoms with E-state index >= 15 is 0 Å². The Morgan fingerprint density at radius 2 is 1.85 bits per heavy atom. The summed E-state index contributed by atoms with van der Waals surface area (Å²) < 4.78 is 40.8. The summed E-state index contributed by atoms with van der Waals surface area (Å²) in [5.41, 5.74) is 5.77. The van der Waals surface area contributed by atoms with Gasteiger partial charge in [0.1, 0.15) is 6.61 Å². The number of nitrogens with two attached hydrogens (primary N) is 1. The van der Waals surface area contributed by atoms with Crippen LogP contribution < -0.4 is 5.73 Å². The zero-order valence-corrected chi connectivity index (χ0v) is 11.4. The molecule has 0 spiro atoms. The molecular weight excluding hydrogens is 271 g/mol. The van der Waals surface area contributed by atoms with Gasteiger partial charge in [0, 0.05) is 18.6 Å². The van der Waals surface area contributed by atoms with Crippen LogP contribution in [0.1, 0.15) is 18.9 Å². The fourth-order valence-corrected chi connectivity index (χ4v) is 2.20. The third-order valence-electron chi connectivity index (χ3n) is 3.47. The van der Waals surface area contributed by atoms with E-state index in [2.05, 4.69) is 4.74 Å². The molecule has 3 nitrogen and oxygen atoms in total. The van der Waals surface area contributed by atoms with Crippen molar-refractivity contribution in [1.29, 1.82) is 0 Å². The molecule has 114 valence electrons. The molecule has 0 saturated carbocycles. The Morgan fingerprint density at radius 3 is 2.30 bits per heavy atom. The van der Waals surface area contributed by atoms with Crippen LogP contribution in [-0.4, -0.2) is 37.1 Å². The van der Waals surface area contributed by atoms with Crippen LogP contribution in [0.15, 0.2) is 30.3 Å². The van der Waals surface area contributed by atoms with Crippen LogP contribution in [-0.2, 0) is 10.2 Å². The molecule has 0 aliphatic rings. The molecule has 0 saturated heterocycles. The molecule has 6 heteroatoms. The highest BCUT2D eigenvalue weighted by Crippen LogP contribution is 2.31. The maximum Gasteiger partial charge on any atom is 0.411 e. The van der Waals surface area contributed by atoms with Gasteiger partial charge in [0.2, 0.25) is 0 Å². The second-order valence-electron chi connectivity index (χ2n) is 4.82. The highest BCUT2D eigenvalue weighted by molar-refractivity contribution is 5.27. The quantitative estimate of drug-likeness (QED) is 0.757. The second kappa shape index (κ2) is 7.06. The summed E-state index contributed by atoms with van der Waals surface area (Å²) >= 11 is 0. The first-order valence-electron chi connectivity index (χ1n) is 6.40. The Bertz CT molecular complexity index is 395. The summed E-state index contributed by atoms with van der Waals surface area (Å²) in [6.07, 6.45) is -4.91. The van der Waals surface area contributed by atoms with E-state index in [0.717, 1.165) is 5.56 Å². The minimum atomic E-state index is -4.34. The van der Waals surface area contributed by atoms with E-state index in [0.29, 0.717) is 0 Å². The Labute approximate surface area is 116 Å². The van der Waals surface area contributed by atoms with E-state index in [9.17, 15) is 18.3 Å². The molecule has 0 heterocycles. The van der Waals surface area contributed by atoms with Crippen molar-refractivity contribution in [3.05, 3.63) is 35.9 Å². The number of hydrogen-bond donors (Lipinski definition) is 2. The number of aliphatic hydroxyl groups excluding tert-OH is 1. The van der Waals surface area contributed by atoms with Crippen molar-refractivity contribution in [2.24, 2.45) is 5.73 Å². The smallest absolute Gasteiger partial charge is 0.392 e. The lowest BCUT2D eigenvalue weighted by Crippen LogP contribution is -2.45. The average Bonchev–Trinajstić information content (AvgIpc) is 2.39. The Balaban J connectivity index is 2.75. The Kier molecular flexibility index (Phi) is 5.98. The predicted molar refractivity (Wildman–Crippen MR) is 70.3 cm³/mol. The lowest BCUT2D eigenvalue weighted by molar-refractivity contribution is -0.175. The van der Waals surface area contributed by atoms with Crippen LogP contribution in [0, 0.1) is 0 Å². The maximum atomic E-state index is 12.0. The number of alkyl halides is 3. The maximum absolute atomic E-state index is 12.0. The molecule has 0 aromatic heterocycles. The van der Waals surface area contributed by atoms with Crippen molar-refractivity contribution >= 4 is 0 Å². The minimum absolute atomic E-state index is 0.115. The van der Waals surface area contributed by atoms with Crippen LogP contribution in [0.2, 0.25) is 0 Å². The largest absolute Gasteiger partial charge is 0.411 e. The molecule has 0 aliphatic carbocycles. The lowest BCUT2D eigenvalue weighted by atomic mass is 9.74. The van der Waals surface area contributed by atoms with Gasteiger partial charge in [-0.1, -0.05) is 30.3 Å². The molecular formula is C14H20F3NO2. The Hall–Kier alpha value is -1.11. The van der Waals surface area contributed by atoms with E-state index in [1.807, 2.05) is 18.2 Å². The Morgan fingerprint density at radius 1 is 1.25 bits per heavy atom. The fourth-order valence-electron chi connectivity index (χ4n) is 2.20. The predicted octanol–water partition coefficient (Wildman–Crippen LogP) is 2.23. The van der Waals surface area contributed by atoms with Gasteiger partial charge in [-0.25, -0.2) is 0 Å². The van der Waals surface area contributed by atoms with E-state index in [4.69, 9.17) is 5.73 Å². The van der Waals surface area contributed by atoms with Crippen LogP contribution in [0.4, 0.5) is 13.2 Å². The van der Waals surface area contributed by atoms with Crippen molar-refractivity contribution in [1.82, 2.24) is 0 Å². The highest BCUT2D eigenvalue weighted by atomic mass is 19.4. The number of hydrogen-bond acceptors (Lipinski definition) is 3. The van der Waals surface area contributed by atoms with Gasteiger partial charge in [-0.2, -0.15) is 13.2 Å². The number of halogens is 3. The standard InChI is InChI=1S/C14H20F3NO2/c1-11(19)13(9-18,12-5-3-2-4-6-12)7-8-20-10-14(15,16)17/h2-6,11,19H,7-10,18H2,1H3. The van der Waals surface area contributed by atoms with Crippen molar-refractivity contribution in [3.63, 3.8) is 0 Å². The summed E-state index contributed by atoms with van der Waals surface area (Å²) in [5, 5.41) is 10.0. The third kappa shape index (κ3) is 4.47. The topological polar surface area (TPSA) is 55.5 Å². The van der Waals surface area contributed by atoms with Crippen LogP contribution in [0.3, 0.4) is 0 Å². The van der Waals surface area contributed by atoms with Gasteiger partial charge in [0.25, 0.3) is 0 Å². The molecule has 0 bridgehead atoms. The summed E-state index contributed by atoms with van der Waals surface area (Å²) in [4.78, 5) is 0. The van der Waals surface area contributed by atoms with E-state index in [-0.39, 0.29) is 19.6 Å². The van der Waals surface area contributed by atoms with Crippen molar-refractivity contribution in [2.45, 2.75) is 31.0 Å². The van der Waals surface area contributed by atoms with Gasteiger partial charge >= 0.3 is 6.18 Å². The molecule has 0 radical (unpaired) electrons. The number of aliphatic hydroxyl groups is 1. The van der Waals surface area contributed by atoms with Gasteiger partial charge in [0.05, 0.1) is 6.10 Å². The molecule has 1 rings (SSSR count). The zero-order chi connectivity index (χ0) is 15.2. The van der Waals surface area contributed by atoms with Crippen LogP contribution in [0.5, 0.6) is 0 Å². The number of rotatable bonds is 7. The summed E-state index contributed by atoms with van der Waals surface area (Å²) in [5.74, 6) is 0. The lowest BCUT2D eigenvalue weighted by Gasteiger charge is -2.36. The molecule has 2 unspecified atom stereocenters. The first-order valence-corrected chi connectivity index (χ1v) is 6.40. The van der Waals surface area contributed by atoms with Crippen molar-refractivity contribution in [2.75, 3.05) is 19.8 Å². The van der Waals surface area contributed by atoms with Gasteiger partial charge in [-0.15, -0.1) is 0 Å². The van der Waals surface area contributed by atoms with Crippen molar-refractivity contribution in [3.8, 4) is 0 Å².